The summed E-state index contributed by atoms with van der Waals surface area (Å²) in [6.07, 6.45) is 10.1. The van der Waals surface area contributed by atoms with E-state index in [2.05, 4.69) is 41.5 Å². The zero-order chi connectivity index (χ0) is 13.8. The van der Waals surface area contributed by atoms with Crippen molar-refractivity contribution in [2.75, 3.05) is 5.32 Å². The van der Waals surface area contributed by atoms with Crippen molar-refractivity contribution in [3.8, 4) is 11.3 Å². The molecule has 0 spiro atoms. The molecular formula is C17H22N2O. The second-order valence-corrected chi connectivity index (χ2v) is 5.78. The van der Waals surface area contributed by atoms with Gasteiger partial charge in [0, 0.05) is 17.3 Å². The molecule has 3 nitrogen and oxygen atoms in total. The highest BCUT2D eigenvalue weighted by Gasteiger charge is 2.19. The smallest absolute Gasteiger partial charge is 0.181 e. The van der Waals surface area contributed by atoms with Crippen molar-refractivity contribution in [1.29, 1.82) is 0 Å². The van der Waals surface area contributed by atoms with Crippen LogP contribution in [0.2, 0.25) is 0 Å². The van der Waals surface area contributed by atoms with Gasteiger partial charge in [-0.1, -0.05) is 31.4 Å². The van der Waals surface area contributed by atoms with Crippen molar-refractivity contribution in [2.24, 2.45) is 5.92 Å². The fourth-order valence-corrected chi connectivity index (χ4v) is 3.14. The van der Waals surface area contributed by atoms with Crippen LogP contribution in [0.1, 0.15) is 39.0 Å². The third-order valence-electron chi connectivity index (χ3n) is 4.33. The molecule has 1 aromatic heterocycles. The lowest BCUT2D eigenvalue weighted by molar-refractivity contribution is 0.328. The van der Waals surface area contributed by atoms with Gasteiger partial charge in [0.25, 0.3) is 0 Å². The first-order chi connectivity index (χ1) is 9.83. The molecule has 1 atom stereocenters. The molecule has 3 heteroatoms. The van der Waals surface area contributed by atoms with Crippen molar-refractivity contribution in [3.63, 3.8) is 0 Å². The SMILES string of the molecule is CC(Nc1cccc(-c2cnco2)c1)C1CCCCC1. The number of oxazole rings is 1. The molecule has 0 aliphatic heterocycles. The zero-order valence-electron chi connectivity index (χ0n) is 12.0. The van der Waals surface area contributed by atoms with Gasteiger partial charge < -0.3 is 9.73 Å². The summed E-state index contributed by atoms with van der Waals surface area (Å²) >= 11 is 0. The van der Waals surface area contributed by atoms with E-state index in [0.717, 1.165) is 22.9 Å². The topological polar surface area (TPSA) is 38.1 Å². The average Bonchev–Trinajstić information content (AvgIpc) is 3.03. The van der Waals surface area contributed by atoms with Gasteiger partial charge in [-0.05, 0) is 37.8 Å². The predicted molar refractivity (Wildman–Crippen MR) is 81.6 cm³/mol. The van der Waals surface area contributed by atoms with Crippen LogP contribution in [-0.2, 0) is 0 Å². The Balaban J connectivity index is 1.69. The summed E-state index contributed by atoms with van der Waals surface area (Å²) < 4.78 is 5.36. The van der Waals surface area contributed by atoms with Crippen LogP contribution in [-0.4, -0.2) is 11.0 Å². The number of nitrogens with zero attached hydrogens (tertiary/aromatic N) is 1. The minimum absolute atomic E-state index is 0.528. The standard InChI is InChI=1S/C17H22N2O/c1-13(14-6-3-2-4-7-14)19-16-9-5-8-15(10-16)17-11-18-12-20-17/h5,8-14,19H,2-4,6-7H2,1H3. The van der Waals surface area contributed by atoms with Gasteiger partial charge in [0.15, 0.2) is 12.2 Å². The van der Waals surface area contributed by atoms with E-state index in [9.17, 15) is 0 Å². The number of benzene rings is 1. The Morgan fingerprint density at radius 1 is 1.25 bits per heavy atom. The molecular weight excluding hydrogens is 248 g/mol. The van der Waals surface area contributed by atoms with Gasteiger partial charge >= 0.3 is 0 Å². The maximum Gasteiger partial charge on any atom is 0.181 e. The maximum absolute atomic E-state index is 5.36. The zero-order valence-corrected chi connectivity index (χ0v) is 12.0. The first-order valence-electron chi connectivity index (χ1n) is 7.58. The van der Waals surface area contributed by atoms with E-state index >= 15 is 0 Å². The molecule has 1 saturated carbocycles. The van der Waals surface area contributed by atoms with E-state index < -0.39 is 0 Å². The van der Waals surface area contributed by atoms with E-state index in [-0.39, 0.29) is 0 Å². The van der Waals surface area contributed by atoms with Crippen molar-refractivity contribution in [2.45, 2.75) is 45.1 Å². The molecule has 1 fully saturated rings. The highest BCUT2D eigenvalue weighted by Crippen LogP contribution is 2.29. The molecule has 3 rings (SSSR count). The van der Waals surface area contributed by atoms with E-state index in [4.69, 9.17) is 4.42 Å². The molecule has 0 saturated heterocycles. The summed E-state index contributed by atoms with van der Waals surface area (Å²) in [6, 6.07) is 8.91. The molecule has 106 valence electrons. The van der Waals surface area contributed by atoms with Crippen molar-refractivity contribution < 1.29 is 4.42 Å². The summed E-state index contributed by atoms with van der Waals surface area (Å²) in [5, 5.41) is 3.65. The van der Waals surface area contributed by atoms with Crippen LogP contribution >= 0.6 is 0 Å². The van der Waals surface area contributed by atoms with E-state index in [1.165, 1.54) is 38.5 Å². The molecule has 1 aliphatic carbocycles. The summed E-state index contributed by atoms with van der Waals surface area (Å²) in [7, 11) is 0. The summed E-state index contributed by atoms with van der Waals surface area (Å²) in [6.45, 7) is 2.30. The minimum Gasteiger partial charge on any atom is -0.444 e. The molecule has 20 heavy (non-hydrogen) atoms. The Hall–Kier alpha value is -1.77. The van der Waals surface area contributed by atoms with Gasteiger partial charge in [0.1, 0.15) is 0 Å². The number of nitrogens with one attached hydrogen (secondary N) is 1. The van der Waals surface area contributed by atoms with E-state index in [0.29, 0.717) is 6.04 Å². The quantitative estimate of drug-likeness (QED) is 0.873. The van der Waals surface area contributed by atoms with Gasteiger partial charge in [-0.3, -0.25) is 0 Å². The molecule has 1 N–H and O–H groups in total. The lowest BCUT2D eigenvalue weighted by atomic mass is 9.84. The third-order valence-corrected chi connectivity index (χ3v) is 4.33. The molecule has 1 aromatic carbocycles. The number of aromatic nitrogens is 1. The lowest BCUT2D eigenvalue weighted by Crippen LogP contribution is -2.27. The predicted octanol–water partition coefficient (Wildman–Crippen LogP) is 4.72. The van der Waals surface area contributed by atoms with Crippen LogP contribution in [0.5, 0.6) is 0 Å². The molecule has 0 bridgehead atoms. The number of rotatable bonds is 4. The maximum atomic E-state index is 5.36. The molecule has 1 heterocycles. The molecule has 2 aromatic rings. The Kier molecular flexibility index (Phi) is 4.05. The van der Waals surface area contributed by atoms with Crippen LogP contribution in [0.4, 0.5) is 5.69 Å². The Labute approximate surface area is 120 Å². The lowest BCUT2D eigenvalue weighted by Gasteiger charge is -2.29. The second-order valence-electron chi connectivity index (χ2n) is 5.78. The average molecular weight is 270 g/mol. The molecule has 1 unspecified atom stereocenters. The summed E-state index contributed by atoms with van der Waals surface area (Å²) in [4.78, 5) is 3.98. The van der Waals surface area contributed by atoms with Crippen molar-refractivity contribution >= 4 is 5.69 Å². The van der Waals surface area contributed by atoms with Gasteiger partial charge in [-0.25, -0.2) is 4.98 Å². The first-order valence-corrected chi connectivity index (χ1v) is 7.58. The van der Waals surface area contributed by atoms with Gasteiger partial charge in [-0.2, -0.15) is 0 Å². The number of hydrogen-bond donors (Lipinski definition) is 1. The fourth-order valence-electron chi connectivity index (χ4n) is 3.14. The minimum atomic E-state index is 0.528. The van der Waals surface area contributed by atoms with Crippen LogP contribution in [0.3, 0.4) is 0 Å². The molecule has 0 radical (unpaired) electrons. The monoisotopic (exact) mass is 270 g/mol. The highest BCUT2D eigenvalue weighted by molar-refractivity contribution is 5.63. The Morgan fingerprint density at radius 3 is 2.85 bits per heavy atom. The van der Waals surface area contributed by atoms with Crippen LogP contribution in [0.15, 0.2) is 41.3 Å². The largest absolute Gasteiger partial charge is 0.444 e. The summed E-state index contributed by atoms with van der Waals surface area (Å²) in [5.74, 6) is 1.62. The van der Waals surface area contributed by atoms with Crippen molar-refractivity contribution in [3.05, 3.63) is 36.9 Å². The normalized spacial score (nSPS) is 17.9. The van der Waals surface area contributed by atoms with Crippen molar-refractivity contribution in [1.82, 2.24) is 4.98 Å². The second kappa shape index (κ2) is 6.12. The Morgan fingerprint density at radius 2 is 2.10 bits per heavy atom. The Bertz CT molecular complexity index is 530. The molecule has 0 amide bonds. The summed E-state index contributed by atoms with van der Waals surface area (Å²) in [5.41, 5.74) is 2.24. The third kappa shape index (κ3) is 3.03. The van der Waals surface area contributed by atoms with E-state index in [1.54, 1.807) is 6.20 Å². The highest BCUT2D eigenvalue weighted by atomic mass is 16.3. The van der Waals surface area contributed by atoms with Crippen LogP contribution < -0.4 is 5.32 Å². The fraction of sp³-hybridized carbons (Fsp3) is 0.471. The van der Waals surface area contributed by atoms with Gasteiger partial charge in [0.05, 0.1) is 6.20 Å². The van der Waals surface area contributed by atoms with Gasteiger partial charge in [0.2, 0.25) is 0 Å². The number of hydrogen-bond acceptors (Lipinski definition) is 3. The van der Waals surface area contributed by atoms with Crippen LogP contribution in [0, 0.1) is 5.92 Å². The van der Waals surface area contributed by atoms with Gasteiger partial charge in [-0.15, -0.1) is 0 Å². The number of anilines is 1. The first kappa shape index (κ1) is 13.2. The van der Waals surface area contributed by atoms with E-state index in [1.807, 2.05) is 0 Å². The molecule has 1 aliphatic rings. The van der Waals surface area contributed by atoms with Crippen LogP contribution in [0.25, 0.3) is 11.3 Å².